The third-order valence-corrected chi connectivity index (χ3v) is 2.92. The summed E-state index contributed by atoms with van der Waals surface area (Å²) in [5.74, 6) is 0. The Labute approximate surface area is 173 Å². The number of hydrogen-bond donors (Lipinski definition) is 2. The first kappa shape index (κ1) is 23.9. The maximum absolute atomic E-state index is 12.1. The third-order valence-electron chi connectivity index (χ3n) is 0.987. The molecule has 0 aliphatic carbocycles. The van der Waals surface area contributed by atoms with E-state index in [-0.39, 0.29) is 103 Å². The molecule has 0 aliphatic rings. The van der Waals surface area contributed by atoms with Gasteiger partial charge >= 0.3 is 134 Å². The van der Waals surface area contributed by atoms with E-state index < -0.39 is 30.7 Å². The fraction of sp³-hybridized carbons (Fsp3) is 1.00. The first-order valence-electron chi connectivity index (χ1n) is 2.45. The summed E-state index contributed by atoms with van der Waals surface area (Å²) in [6.45, 7) is 0. The second-order valence-electron chi connectivity index (χ2n) is 1.98. The molecule has 6 nitrogen and oxygen atoms in total. The van der Waals surface area contributed by atoms with Crippen molar-refractivity contribution in [2.45, 2.75) is 10.5 Å². The Morgan fingerprint density at radius 2 is 0.812 bits per heavy atom. The minimum atomic E-state index is -6.67. The molecule has 0 aromatic rings. The van der Waals surface area contributed by atoms with E-state index in [1.807, 2.05) is 0 Å². The van der Waals surface area contributed by atoms with Gasteiger partial charge in [0.15, 0.2) is 0 Å². The molecule has 0 heterocycles. The molecule has 0 aliphatic heterocycles. The first-order valence-corrected chi connectivity index (χ1v) is 5.33. The number of hydrogen-bond acceptors (Lipinski definition) is 4. The van der Waals surface area contributed by atoms with Gasteiger partial charge in [-0.15, -0.1) is 0 Å². The van der Waals surface area contributed by atoms with Gasteiger partial charge in [0.1, 0.15) is 0 Å². The molecule has 90 valence electrons. The molecular formula is C2H4F4K2O6S2. The second-order valence-corrected chi connectivity index (χ2v) is 4.91. The zero-order chi connectivity index (χ0) is 12.0. The van der Waals surface area contributed by atoms with Crippen LogP contribution in [0.15, 0.2) is 0 Å². The molecule has 0 aromatic heterocycles. The molecule has 0 fully saturated rings. The van der Waals surface area contributed by atoms with Crippen molar-refractivity contribution in [1.29, 1.82) is 0 Å². The summed E-state index contributed by atoms with van der Waals surface area (Å²) in [7, 11) is -13.3. The van der Waals surface area contributed by atoms with E-state index in [4.69, 9.17) is 9.11 Å². The van der Waals surface area contributed by atoms with Crippen LogP contribution in [0, 0.1) is 0 Å². The normalized spacial score (nSPS) is 13.6. The van der Waals surface area contributed by atoms with Crippen molar-refractivity contribution < 1.29 is 43.5 Å². The van der Waals surface area contributed by atoms with Crippen LogP contribution in [0.4, 0.5) is 17.6 Å². The topological polar surface area (TPSA) is 109 Å². The van der Waals surface area contributed by atoms with Crippen LogP contribution >= 0.6 is 0 Å². The van der Waals surface area contributed by atoms with Crippen molar-refractivity contribution in [2.75, 3.05) is 0 Å². The van der Waals surface area contributed by atoms with Gasteiger partial charge in [0.05, 0.1) is 0 Å². The Hall–Kier alpha value is 2.81. The Bertz CT molecular complexity index is 385. The Kier molecular flexibility index (Phi) is 10.4. The first-order chi connectivity index (χ1) is 5.75. The maximum atomic E-state index is 12.1. The van der Waals surface area contributed by atoms with E-state index in [0.717, 1.165) is 0 Å². The van der Waals surface area contributed by atoms with Crippen molar-refractivity contribution in [3.63, 3.8) is 0 Å². The van der Waals surface area contributed by atoms with Crippen LogP contribution in [0.3, 0.4) is 0 Å². The van der Waals surface area contributed by atoms with Crippen LogP contribution in [-0.4, -0.2) is 139 Å². The van der Waals surface area contributed by atoms with Crippen molar-refractivity contribution in [3.05, 3.63) is 0 Å². The predicted molar refractivity (Wildman–Crippen MR) is 47.3 cm³/mol. The fourth-order valence-corrected chi connectivity index (χ4v) is 1.53. The summed E-state index contributed by atoms with van der Waals surface area (Å²) in [4.78, 5) is 0. The molecule has 0 saturated carbocycles. The van der Waals surface area contributed by atoms with Gasteiger partial charge in [-0.25, -0.2) is 0 Å². The fourth-order valence-electron chi connectivity index (χ4n) is 0.300. The Morgan fingerprint density at radius 3 is 0.875 bits per heavy atom. The van der Waals surface area contributed by atoms with Gasteiger partial charge in [-0.3, -0.25) is 9.11 Å². The molecule has 0 bridgehead atoms. The van der Waals surface area contributed by atoms with Crippen LogP contribution in [0.1, 0.15) is 0 Å². The zero-order valence-electron chi connectivity index (χ0n) is 5.86. The molecule has 0 unspecified atom stereocenters. The predicted octanol–water partition coefficient (Wildman–Crippen LogP) is -1.35. The summed E-state index contributed by atoms with van der Waals surface area (Å²) in [5, 5.41) is -12.7. The molecule has 0 aromatic carbocycles. The van der Waals surface area contributed by atoms with Gasteiger partial charge in [0, 0.05) is 0 Å². The van der Waals surface area contributed by atoms with Crippen LogP contribution in [-0.2, 0) is 20.2 Å². The van der Waals surface area contributed by atoms with Crippen molar-refractivity contribution in [3.8, 4) is 0 Å². The standard InChI is InChI=1S/C2H2F4O6S2.2K.2H/c3-1(4,13(7,8)9)2(5,6)14(10,11)12;;;;/h(H,7,8,9)(H,10,11,12);;;;. The van der Waals surface area contributed by atoms with Crippen molar-refractivity contribution in [2.24, 2.45) is 0 Å². The van der Waals surface area contributed by atoms with E-state index in [1.165, 1.54) is 0 Å². The molecule has 0 spiro atoms. The van der Waals surface area contributed by atoms with Crippen molar-refractivity contribution in [1.82, 2.24) is 0 Å². The van der Waals surface area contributed by atoms with Crippen LogP contribution < -0.4 is 0 Å². The minimum absolute atomic E-state index is 0. The zero-order valence-corrected chi connectivity index (χ0v) is 7.49. The van der Waals surface area contributed by atoms with Crippen LogP contribution in [0.5, 0.6) is 0 Å². The van der Waals surface area contributed by atoms with Gasteiger partial charge in [-0.05, 0) is 0 Å². The van der Waals surface area contributed by atoms with Gasteiger partial charge in [-0.1, -0.05) is 0 Å². The molecular weight excluding hydrogens is 338 g/mol. The number of halogens is 4. The van der Waals surface area contributed by atoms with E-state index in [1.54, 1.807) is 0 Å². The SMILES string of the molecule is O=S(=O)(O)C(F)(F)C(F)(F)S(=O)(=O)O.[KH].[KH]. The molecule has 0 saturated heterocycles. The Morgan fingerprint density at radius 1 is 0.688 bits per heavy atom. The van der Waals surface area contributed by atoms with E-state index in [2.05, 4.69) is 0 Å². The molecule has 16 heavy (non-hydrogen) atoms. The average Bonchev–Trinajstić information content (AvgIpc) is 1.81. The van der Waals surface area contributed by atoms with Gasteiger partial charge in [-0.2, -0.15) is 34.4 Å². The van der Waals surface area contributed by atoms with Gasteiger partial charge in [0.25, 0.3) is 0 Å². The quantitative estimate of drug-likeness (QED) is 0.373. The number of alkyl halides is 4. The average molecular weight is 342 g/mol. The van der Waals surface area contributed by atoms with Crippen LogP contribution in [0.2, 0.25) is 0 Å². The summed E-state index contributed by atoms with van der Waals surface area (Å²) >= 11 is 0. The summed E-state index contributed by atoms with van der Waals surface area (Å²) in [6, 6.07) is 0. The monoisotopic (exact) mass is 342 g/mol. The molecule has 14 heteroatoms. The van der Waals surface area contributed by atoms with E-state index in [0.29, 0.717) is 0 Å². The van der Waals surface area contributed by atoms with Gasteiger partial charge < -0.3 is 0 Å². The van der Waals surface area contributed by atoms with Crippen molar-refractivity contribution >= 4 is 123 Å². The summed E-state index contributed by atoms with van der Waals surface area (Å²) in [5.41, 5.74) is 0. The molecule has 2 N–H and O–H groups in total. The summed E-state index contributed by atoms with van der Waals surface area (Å²) < 4.78 is 102. The van der Waals surface area contributed by atoms with Gasteiger partial charge in [0.2, 0.25) is 0 Å². The molecule has 0 radical (unpaired) electrons. The number of rotatable bonds is 3. The molecule has 0 amide bonds. The van der Waals surface area contributed by atoms with E-state index >= 15 is 0 Å². The summed E-state index contributed by atoms with van der Waals surface area (Å²) in [6.07, 6.45) is 0. The second kappa shape index (κ2) is 7.00. The molecule has 0 atom stereocenters. The molecule has 0 rings (SSSR count). The Balaban J connectivity index is -0.000000845. The van der Waals surface area contributed by atoms with E-state index in [9.17, 15) is 34.4 Å². The third kappa shape index (κ3) is 4.73. The van der Waals surface area contributed by atoms with Crippen LogP contribution in [0.25, 0.3) is 0 Å².